The first-order valence-corrected chi connectivity index (χ1v) is 4.81. The molecule has 0 amide bonds. The molecular formula is C6H15NO3S. The molecule has 0 spiro atoms. The Morgan fingerprint density at radius 2 is 2.18 bits per heavy atom. The van der Waals surface area contributed by atoms with E-state index in [2.05, 4.69) is 16.7 Å². The van der Waals surface area contributed by atoms with Gasteiger partial charge in [-0.25, -0.2) is 0 Å². The van der Waals surface area contributed by atoms with Crippen LogP contribution in [0, 0.1) is 0 Å². The van der Waals surface area contributed by atoms with Gasteiger partial charge < -0.3 is 0 Å². The van der Waals surface area contributed by atoms with Gasteiger partial charge in [0.15, 0.2) is 0 Å². The number of hydrogen-bond acceptors (Lipinski definition) is 3. The predicted octanol–water partition coefficient (Wildman–Crippen LogP) is 1.22. The van der Waals surface area contributed by atoms with Crippen molar-refractivity contribution in [3.63, 3.8) is 0 Å². The van der Waals surface area contributed by atoms with E-state index >= 15 is 0 Å². The maximum absolute atomic E-state index is 9.91. The summed E-state index contributed by atoms with van der Waals surface area (Å²) in [6.07, 6.45) is 4.49. The molecule has 0 heterocycles. The summed E-state index contributed by atoms with van der Waals surface area (Å²) in [5, 5.41) is 0. The average Bonchev–Trinajstić information content (AvgIpc) is 1.96. The Morgan fingerprint density at radius 1 is 1.45 bits per heavy atom. The highest BCUT2D eigenvalue weighted by Gasteiger charge is 1.91. The molecular weight excluding hydrogens is 166 g/mol. The van der Waals surface area contributed by atoms with Crippen molar-refractivity contribution in [2.45, 2.75) is 32.6 Å². The van der Waals surface area contributed by atoms with Crippen LogP contribution in [0.1, 0.15) is 32.6 Å². The maximum atomic E-state index is 9.91. The fourth-order valence-corrected chi connectivity index (χ4v) is 0.900. The molecule has 0 radical (unpaired) electrons. The highest BCUT2D eigenvalue weighted by molar-refractivity contribution is 7.74. The van der Waals surface area contributed by atoms with Crippen LogP contribution in [0.2, 0.25) is 0 Å². The van der Waals surface area contributed by atoms with Crippen LogP contribution in [0.5, 0.6) is 0 Å². The van der Waals surface area contributed by atoms with E-state index in [4.69, 9.17) is 4.55 Å². The summed E-state index contributed by atoms with van der Waals surface area (Å²) in [5.41, 5.74) is 2.39. The molecule has 0 rings (SSSR count). The summed E-state index contributed by atoms with van der Waals surface area (Å²) in [4.78, 5) is 0. The zero-order valence-corrected chi connectivity index (χ0v) is 7.52. The lowest BCUT2D eigenvalue weighted by Gasteiger charge is -1.99. The van der Waals surface area contributed by atoms with Crippen LogP contribution in [0.3, 0.4) is 0 Å². The lowest BCUT2D eigenvalue weighted by Crippen LogP contribution is -2.16. The second-order valence-electron chi connectivity index (χ2n) is 2.26. The van der Waals surface area contributed by atoms with Crippen LogP contribution >= 0.6 is 0 Å². The molecule has 1 unspecified atom stereocenters. The summed E-state index contributed by atoms with van der Waals surface area (Å²) >= 11 is -2.18. The first kappa shape index (κ1) is 11.0. The minimum atomic E-state index is -2.18. The number of hydroxylamine groups is 1. The summed E-state index contributed by atoms with van der Waals surface area (Å²) in [7, 11) is 0. The standard InChI is InChI=1S/C6H15NO3S/c1-2-3-4-5-6-7-10-11(8)9/h7H,2-6H2,1H3,(H,8,9). The van der Waals surface area contributed by atoms with Gasteiger partial charge in [0.25, 0.3) is 0 Å². The van der Waals surface area contributed by atoms with Crippen molar-refractivity contribution in [1.82, 2.24) is 5.48 Å². The van der Waals surface area contributed by atoms with Crippen molar-refractivity contribution >= 4 is 11.4 Å². The van der Waals surface area contributed by atoms with E-state index < -0.39 is 11.4 Å². The quantitative estimate of drug-likeness (QED) is 0.352. The molecule has 0 bridgehead atoms. The van der Waals surface area contributed by atoms with Crippen molar-refractivity contribution in [2.75, 3.05) is 6.54 Å². The third-order valence-electron chi connectivity index (χ3n) is 1.26. The first-order chi connectivity index (χ1) is 5.27. The van der Waals surface area contributed by atoms with E-state index in [-0.39, 0.29) is 0 Å². The van der Waals surface area contributed by atoms with E-state index in [0.717, 1.165) is 12.8 Å². The van der Waals surface area contributed by atoms with Crippen molar-refractivity contribution in [2.24, 2.45) is 0 Å². The SMILES string of the molecule is CCCCCCNOS(=O)O. The Kier molecular flexibility index (Phi) is 8.15. The van der Waals surface area contributed by atoms with Gasteiger partial charge in [-0.3, -0.25) is 4.55 Å². The summed E-state index contributed by atoms with van der Waals surface area (Å²) < 4.78 is 22.3. The minimum absolute atomic E-state index is 0.631. The Hall–Kier alpha value is 0.0300. The van der Waals surface area contributed by atoms with Gasteiger partial charge in [-0.1, -0.05) is 26.2 Å². The van der Waals surface area contributed by atoms with Crippen LogP contribution in [-0.2, 0) is 15.6 Å². The van der Waals surface area contributed by atoms with Crippen molar-refractivity contribution in [3.8, 4) is 0 Å². The monoisotopic (exact) mass is 181 g/mol. The van der Waals surface area contributed by atoms with Crippen LogP contribution in [0.25, 0.3) is 0 Å². The lowest BCUT2D eigenvalue weighted by atomic mass is 10.2. The van der Waals surface area contributed by atoms with E-state index in [1.807, 2.05) is 0 Å². The van der Waals surface area contributed by atoms with Crippen LogP contribution in [0.15, 0.2) is 0 Å². The zero-order valence-electron chi connectivity index (χ0n) is 6.71. The average molecular weight is 181 g/mol. The van der Waals surface area contributed by atoms with E-state index in [1.165, 1.54) is 12.8 Å². The molecule has 0 aliphatic heterocycles. The van der Waals surface area contributed by atoms with Crippen molar-refractivity contribution in [1.29, 1.82) is 0 Å². The largest absolute Gasteiger partial charge is 0.319 e. The Morgan fingerprint density at radius 3 is 2.73 bits per heavy atom. The van der Waals surface area contributed by atoms with Crippen molar-refractivity contribution < 1.29 is 13.0 Å². The van der Waals surface area contributed by atoms with Crippen LogP contribution in [-0.4, -0.2) is 15.3 Å². The van der Waals surface area contributed by atoms with Gasteiger partial charge in [-0.2, -0.15) is 14.0 Å². The predicted molar refractivity (Wildman–Crippen MR) is 44.0 cm³/mol. The summed E-state index contributed by atoms with van der Waals surface area (Å²) in [6, 6.07) is 0. The molecule has 0 aromatic heterocycles. The fourth-order valence-electron chi connectivity index (χ4n) is 0.716. The third-order valence-corrected chi connectivity index (χ3v) is 1.52. The summed E-state index contributed by atoms with van der Waals surface area (Å²) in [6.45, 7) is 2.76. The smallest absolute Gasteiger partial charge is 0.283 e. The van der Waals surface area contributed by atoms with Gasteiger partial charge in [0.2, 0.25) is 0 Å². The molecule has 0 fully saturated rings. The maximum Gasteiger partial charge on any atom is 0.319 e. The number of nitrogens with one attached hydrogen (secondary N) is 1. The van der Waals surface area contributed by atoms with Crippen LogP contribution in [0.4, 0.5) is 0 Å². The Bertz CT molecular complexity index is 110. The van der Waals surface area contributed by atoms with Gasteiger partial charge in [-0.05, 0) is 6.42 Å². The van der Waals surface area contributed by atoms with E-state index in [9.17, 15) is 4.21 Å². The molecule has 68 valence electrons. The first-order valence-electron chi connectivity index (χ1n) is 3.78. The molecule has 0 aliphatic rings. The van der Waals surface area contributed by atoms with E-state index in [1.54, 1.807) is 0 Å². The number of unbranched alkanes of at least 4 members (excludes halogenated alkanes) is 3. The van der Waals surface area contributed by atoms with Crippen LogP contribution < -0.4 is 5.48 Å². The second-order valence-corrected chi connectivity index (χ2v) is 2.86. The van der Waals surface area contributed by atoms with Gasteiger partial charge in [-0.15, -0.1) is 0 Å². The molecule has 0 aliphatic carbocycles. The van der Waals surface area contributed by atoms with Gasteiger partial charge in [0.05, 0.1) is 0 Å². The van der Waals surface area contributed by atoms with Crippen molar-refractivity contribution in [3.05, 3.63) is 0 Å². The Labute approximate surface area is 69.8 Å². The Balaban J connectivity index is 2.85. The molecule has 0 saturated heterocycles. The minimum Gasteiger partial charge on any atom is -0.283 e. The molecule has 5 heteroatoms. The second kappa shape index (κ2) is 8.13. The van der Waals surface area contributed by atoms with E-state index in [0.29, 0.717) is 6.54 Å². The number of rotatable bonds is 7. The fraction of sp³-hybridized carbons (Fsp3) is 1.00. The third kappa shape index (κ3) is 10.0. The number of hydrogen-bond donors (Lipinski definition) is 2. The molecule has 4 nitrogen and oxygen atoms in total. The topological polar surface area (TPSA) is 58.6 Å². The molecule has 0 aromatic rings. The molecule has 11 heavy (non-hydrogen) atoms. The summed E-state index contributed by atoms with van der Waals surface area (Å²) in [5.74, 6) is 0. The van der Waals surface area contributed by atoms with Gasteiger partial charge >= 0.3 is 11.4 Å². The zero-order chi connectivity index (χ0) is 8.53. The molecule has 2 N–H and O–H groups in total. The highest BCUT2D eigenvalue weighted by atomic mass is 32.2. The molecule has 0 aromatic carbocycles. The molecule has 1 atom stereocenters. The van der Waals surface area contributed by atoms with Gasteiger partial charge in [0.1, 0.15) is 0 Å². The normalized spacial score (nSPS) is 13.3. The van der Waals surface area contributed by atoms with Gasteiger partial charge in [0, 0.05) is 6.54 Å². The lowest BCUT2D eigenvalue weighted by molar-refractivity contribution is 0.196. The highest BCUT2D eigenvalue weighted by Crippen LogP contribution is 1.96. The molecule has 0 saturated carbocycles.